The minimum Gasteiger partial charge on any atom is -0.277 e. The van der Waals surface area contributed by atoms with Gasteiger partial charge in [-0.3, -0.25) is 9.98 Å². The standard InChI is InChI=1S/C18H16N2S/c1-18(2)10-13-7-8-21-17(13)16(20-18)14-9-12-5-3-4-6-15(12)19-11-14/h3-9,11H,10H2,1-2H3. The number of para-hydroxylation sites is 1. The molecule has 1 aromatic carbocycles. The van der Waals surface area contributed by atoms with Crippen LogP contribution in [0.15, 0.2) is 53.0 Å². The van der Waals surface area contributed by atoms with Gasteiger partial charge in [-0.1, -0.05) is 18.2 Å². The quantitative estimate of drug-likeness (QED) is 0.649. The monoisotopic (exact) mass is 292 g/mol. The van der Waals surface area contributed by atoms with Crippen LogP contribution in [0, 0.1) is 0 Å². The summed E-state index contributed by atoms with van der Waals surface area (Å²) in [4.78, 5) is 10.9. The molecular weight excluding hydrogens is 276 g/mol. The van der Waals surface area contributed by atoms with E-state index in [1.807, 2.05) is 18.3 Å². The number of hydrogen-bond donors (Lipinski definition) is 0. The summed E-state index contributed by atoms with van der Waals surface area (Å²) in [5.41, 5.74) is 4.60. The number of benzene rings is 1. The second-order valence-electron chi connectivity index (χ2n) is 6.14. The van der Waals surface area contributed by atoms with Crippen molar-refractivity contribution in [3.05, 3.63) is 64.0 Å². The lowest BCUT2D eigenvalue weighted by molar-refractivity contribution is 0.515. The van der Waals surface area contributed by atoms with Gasteiger partial charge in [0, 0.05) is 17.1 Å². The van der Waals surface area contributed by atoms with Gasteiger partial charge in [-0.05, 0) is 49.4 Å². The van der Waals surface area contributed by atoms with Crippen LogP contribution in [0.1, 0.15) is 29.9 Å². The van der Waals surface area contributed by atoms with E-state index in [1.165, 1.54) is 15.8 Å². The maximum atomic E-state index is 4.99. The van der Waals surface area contributed by atoms with Gasteiger partial charge in [0.25, 0.3) is 0 Å². The molecule has 104 valence electrons. The molecule has 0 bridgehead atoms. The topological polar surface area (TPSA) is 25.2 Å². The Kier molecular flexibility index (Phi) is 2.73. The van der Waals surface area contributed by atoms with Crippen molar-refractivity contribution in [2.24, 2.45) is 4.99 Å². The maximum absolute atomic E-state index is 4.99. The maximum Gasteiger partial charge on any atom is 0.0843 e. The Morgan fingerprint density at radius 2 is 2.00 bits per heavy atom. The van der Waals surface area contributed by atoms with Gasteiger partial charge in [0.15, 0.2) is 0 Å². The molecule has 3 aromatic rings. The minimum atomic E-state index is -0.0466. The fourth-order valence-corrected chi connectivity index (χ4v) is 3.87. The molecule has 1 aliphatic heterocycles. The van der Waals surface area contributed by atoms with Crippen LogP contribution < -0.4 is 0 Å². The van der Waals surface area contributed by atoms with E-state index in [0.717, 1.165) is 23.2 Å². The third-order valence-corrected chi connectivity index (χ3v) is 4.83. The van der Waals surface area contributed by atoms with E-state index in [2.05, 4.69) is 48.5 Å². The number of hydrogen-bond acceptors (Lipinski definition) is 3. The molecule has 0 unspecified atom stereocenters. The second kappa shape index (κ2) is 4.50. The molecule has 0 atom stereocenters. The zero-order valence-electron chi connectivity index (χ0n) is 12.1. The third-order valence-electron chi connectivity index (χ3n) is 3.86. The van der Waals surface area contributed by atoms with Gasteiger partial charge in [0.1, 0.15) is 0 Å². The number of rotatable bonds is 1. The average molecular weight is 292 g/mol. The molecule has 0 aliphatic carbocycles. The van der Waals surface area contributed by atoms with E-state index in [-0.39, 0.29) is 5.54 Å². The summed E-state index contributed by atoms with van der Waals surface area (Å²) in [6.07, 6.45) is 2.96. The van der Waals surface area contributed by atoms with Gasteiger partial charge in [-0.25, -0.2) is 0 Å². The molecule has 0 N–H and O–H groups in total. The lowest BCUT2D eigenvalue weighted by Gasteiger charge is -2.27. The van der Waals surface area contributed by atoms with Crippen LogP contribution in [0.2, 0.25) is 0 Å². The highest BCUT2D eigenvalue weighted by molar-refractivity contribution is 7.12. The summed E-state index contributed by atoms with van der Waals surface area (Å²) in [7, 11) is 0. The largest absolute Gasteiger partial charge is 0.277 e. The normalized spacial score (nSPS) is 16.6. The molecular formula is C18H16N2S. The molecule has 0 saturated heterocycles. The van der Waals surface area contributed by atoms with E-state index >= 15 is 0 Å². The number of fused-ring (bicyclic) bond motifs is 2. The summed E-state index contributed by atoms with van der Waals surface area (Å²) in [6.45, 7) is 4.39. The first-order valence-electron chi connectivity index (χ1n) is 7.14. The van der Waals surface area contributed by atoms with Gasteiger partial charge in [-0.2, -0.15) is 0 Å². The first-order valence-corrected chi connectivity index (χ1v) is 8.02. The SMILES string of the molecule is CC1(C)Cc2ccsc2C(c2cnc3ccccc3c2)=N1. The molecule has 3 heterocycles. The van der Waals surface area contributed by atoms with Crippen molar-refractivity contribution in [2.75, 3.05) is 0 Å². The Bertz CT molecular complexity index is 858. The van der Waals surface area contributed by atoms with E-state index in [4.69, 9.17) is 4.99 Å². The van der Waals surface area contributed by atoms with E-state index in [0.29, 0.717) is 0 Å². The number of nitrogens with zero attached hydrogens (tertiary/aromatic N) is 2. The van der Waals surface area contributed by atoms with Gasteiger partial charge in [0.05, 0.1) is 21.6 Å². The highest BCUT2D eigenvalue weighted by Crippen LogP contribution is 2.32. The van der Waals surface area contributed by atoms with E-state index in [9.17, 15) is 0 Å². The van der Waals surface area contributed by atoms with Gasteiger partial charge in [-0.15, -0.1) is 11.3 Å². The van der Waals surface area contributed by atoms with Crippen molar-refractivity contribution in [1.29, 1.82) is 0 Å². The molecule has 2 nitrogen and oxygen atoms in total. The molecule has 0 radical (unpaired) electrons. The lowest BCUT2D eigenvalue weighted by Crippen LogP contribution is -2.28. The minimum absolute atomic E-state index is 0.0466. The number of pyridine rings is 1. The zero-order valence-corrected chi connectivity index (χ0v) is 12.9. The van der Waals surface area contributed by atoms with Crippen molar-refractivity contribution in [3.63, 3.8) is 0 Å². The number of thiophene rings is 1. The molecule has 0 saturated carbocycles. The Morgan fingerprint density at radius 3 is 2.90 bits per heavy atom. The van der Waals surface area contributed by atoms with E-state index in [1.54, 1.807) is 11.3 Å². The van der Waals surface area contributed by atoms with E-state index < -0.39 is 0 Å². The van der Waals surface area contributed by atoms with Crippen LogP contribution >= 0.6 is 11.3 Å². The van der Waals surface area contributed by atoms with Crippen molar-refractivity contribution < 1.29 is 0 Å². The van der Waals surface area contributed by atoms with Gasteiger partial charge in [0.2, 0.25) is 0 Å². The molecule has 21 heavy (non-hydrogen) atoms. The Labute approximate surface area is 128 Å². The zero-order chi connectivity index (χ0) is 14.4. The second-order valence-corrected chi connectivity index (χ2v) is 7.06. The van der Waals surface area contributed by atoms with Crippen molar-refractivity contribution in [2.45, 2.75) is 25.8 Å². The summed E-state index contributed by atoms with van der Waals surface area (Å²) >= 11 is 1.78. The van der Waals surface area contributed by atoms with Crippen LogP contribution in [0.4, 0.5) is 0 Å². The molecule has 2 aromatic heterocycles. The van der Waals surface area contributed by atoms with Crippen LogP contribution in [0.3, 0.4) is 0 Å². The third kappa shape index (κ3) is 2.18. The van der Waals surface area contributed by atoms with Gasteiger partial charge < -0.3 is 0 Å². The molecule has 0 amide bonds. The fourth-order valence-electron chi connectivity index (χ4n) is 2.94. The summed E-state index contributed by atoms with van der Waals surface area (Å²) in [6, 6.07) is 12.7. The molecule has 0 fully saturated rings. The predicted octanol–water partition coefficient (Wildman–Crippen LogP) is 4.47. The highest BCUT2D eigenvalue weighted by atomic mass is 32.1. The predicted molar refractivity (Wildman–Crippen MR) is 89.5 cm³/mol. The molecule has 4 rings (SSSR count). The van der Waals surface area contributed by atoms with Crippen LogP contribution in [-0.4, -0.2) is 16.2 Å². The Hall–Kier alpha value is -2.00. The summed E-state index contributed by atoms with van der Waals surface area (Å²) in [5.74, 6) is 0. The smallest absolute Gasteiger partial charge is 0.0843 e. The van der Waals surface area contributed by atoms with Gasteiger partial charge >= 0.3 is 0 Å². The number of aromatic nitrogens is 1. The van der Waals surface area contributed by atoms with Crippen LogP contribution in [0.5, 0.6) is 0 Å². The molecule has 0 spiro atoms. The average Bonchev–Trinajstić information content (AvgIpc) is 2.92. The van der Waals surface area contributed by atoms with Crippen molar-refractivity contribution in [3.8, 4) is 0 Å². The molecule has 3 heteroatoms. The number of aliphatic imine (C=N–C) groups is 1. The Balaban J connectivity index is 1.92. The first-order chi connectivity index (χ1) is 10.1. The first kappa shape index (κ1) is 12.7. The van der Waals surface area contributed by atoms with Crippen LogP contribution in [-0.2, 0) is 6.42 Å². The molecule has 1 aliphatic rings. The highest BCUT2D eigenvalue weighted by Gasteiger charge is 2.28. The van der Waals surface area contributed by atoms with Crippen molar-refractivity contribution in [1.82, 2.24) is 4.98 Å². The van der Waals surface area contributed by atoms with Crippen molar-refractivity contribution >= 4 is 28.0 Å². The lowest BCUT2D eigenvalue weighted by atomic mass is 9.90. The summed E-state index contributed by atoms with van der Waals surface area (Å²) < 4.78 is 0. The fraction of sp³-hybridized carbons (Fsp3) is 0.222. The van der Waals surface area contributed by atoms with Crippen LogP contribution in [0.25, 0.3) is 10.9 Å². The summed E-state index contributed by atoms with van der Waals surface area (Å²) in [5, 5.41) is 3.33. The Morgan fingerprint density at radius 1 is 1.14 bits per heavy atom.